The summed E-state index contributed by atoms with van der Waals surface area (Å²) >= 11 is 0. The van der Waals surface area contributed by atoms with Crippen LogP contribution >= 0.6 is 0 Å². The number of carbonyl (C=O) groups excluding carboxylic acids is 1. The van der Waals surface area contributed by atoms with Gasteiger partial charge in [0.25, 0.3) is 5.78 Å². The molecule has 2 aromatic heterocycles. The van der Waals surface area contributed by atoms with Crippen molar-refractivity contribution in [3.8, 4) is 17.2 Å². The highest BCUT2D eigenvalue weighted by atomic mass is 16.5. The zero-order valence-corrected chi connectivity index (χ0v) is 22.0. The molecule has 38 heavy (non-hydrogen) atoms. The highest BCUT2D eigenvalue weighted by molar-refractivity contribution is 5.90. The third-order valence-electron chi connectivity index (χ3n) is 6.71. The Bertz CT molecular complexity index is 1410. The molecule has 0 bridgehead atoms. The zero-order valence-electron chi connectivity index (χ0n) is 22.0. The van der Waals surface area contributed by atoms with E-state index in [0.717, 1.165) is 23.5 Å². The number of nitrogens with zero attached hydrogens (tertiary/aromatic N) is 6. The molecule has 1 saturated heterocycles. The summed E-state index contributed by atoms with van der Waals surface area (Å²) in [5, 5.41) is 7.43. The maximum Gasteiger partial charge on any atom is 0.321 e. The Morgan fingerprint density at radius 1 is 0.974 bits per heavy atom. The van der Waals surface area contributed by atoms with Crippen molar-refractivity contribution in [2.45, 2.75) is 13.3 Å². The van der Waals surface area contributed by atoms with Crippen LogP contribution in [0.25, 0.3) is 5.78 Å². The van der Waals surface area contributed by atoms with Crippen molar-refractivity contribution in [2.75, 3.05) is 57.7 Å². The molecule has 3 heterocycles. The normalized spacial score (nSPS) is 13.5. The summed E-state index contributed by atoms with van der Waals surface area (Å²) in [6.07, 6.45) is 2.26. The second-order valence-corrected chi connectivity index (χ2v) is 8.95. The first kappa shape index (κ1) is 25.1. The summed E-state index contributed by atoms with van der Waals surface area (Å²) in [5.41, 5.74) is 3.78. The lowest BCUT2D eigenvalue weighted by molar-refractivity contribution is 0.208. The first-order valence-electron chi connectivity index (χ1n) is 12.4. The zero-order chi connectivity index (χ0) is 26.6. The van der Waals surface area contributed by atoms with E-state index in [1.54, 1.807) is 42.9 Å². The number of benzene rings is 2. The molecule has 5 rings (SSSR count). The predicted molar refractivity (Wildman–Crippen MR) is 144 cm³/mol. The van der Waals surface area contributed by atoms with E-state index >= 15 is 0 Å². The number of hydrogen-bond donors (Lipinski definition) is 1. The van der Waals surface area contributed by atoms with Gasteiger partial charge in [0.2, 0.25) is 5.75 Å². The van der Waals surface area contributed by atoms with Gasteiger partial charge in [0.05, 0.1) is 27.0 Å². The molecule has 0 unspecified atom stereocenters. The summed E-state index contributed by atoms with van der Waals surface area (Å²) in [7, 11) is 4.63. The minimum absolute atomic E-state index is 0.194. The first-order chi connectivity index (χ1) is 18.5. The van der Waals surface area contributed by atoms with E-state index in [-0.39, 0.29) is 6.03 Å². The van der Waals surface area contributed by atoms with Crippen molar-refractivity contribution in [1.82, 2.24) is 24.5 Å². The number of rotatable bonds is 7. The number of urea groups is 1. The average molecular weight is 518 g/mol. The van der Waals surface area contributed by atoms with Crippen LogP contribution in [0.15, 0.2) is 48.8 Å². The van der Waals surface area contributed by atoms with Crippen LogP contribution in [0.2, 0.25) is 0 Å². The molecule has 1 fully saturated rings. The van der Waals surface area contributed by atoms with E-state index in [9.17, 15) is 4.79 Å². The van der Waals surface area contributed by atoms with Gasteiger partial charge < -0.3 is 29.3 Å². The summed E-state index contributed by atoms with van der Waals surface area (Å²) in [4.78, 5) is 26.2. The van der Waals surface area contributed by atoms with Gasteiger partial charge in [-0.25, -0.2) is 9.78 Å². The van der Waals surface area contributed by atoms with Crippen LogP contribution in [0.4, 0.5) is 16.3 Å². The van der Waals surface area contributed by atoms with Crippen molar-refractivity contribution >= 4 is 23.3 Å². The maximum atomic E-state index is 13.1. The van der Waals surface area contributed by atoms with Crippen LogP contribution in [-0.2, 0) is 6.42 Å². The standard InChI is InChI=1S/C27H31N7O4/c1-18-21(14-19-8-6-5-7-9-19)25(34-26(30-18)28-17-29-34)32-10-12-33(13-11-32)27(35)31-20-15-22(36-2)24(38-4)23(16-20)37-3/h5-9,15-17H,10-14H2,1-4H3,(H,31,35). The van der Waals surface area contributed by atoms with Gasteiger partial charge in [0, 0.05) is 56.0 Å². The average Bonchev–Trinajstić information content (AvgIpc) is 3.41. The number of carbonyl (C=O) groups is 1. The Hall–Kier alpha value is -4.54. The van der Waals surface area contributed by atoms with Crippen molar-refractivity contribution in [2.24, 2.45) is 0 Å². The lowest BCUT2D eigenvalue weighted by atomic mass is 10.0. The van der Waals surface area contributed by atoms with Crippen molar-refractivity contribution in [3.63, 3.8) is 0 Å². The topological polar surface area (TPSA) is 106 Å². The predicted octanol–water partition coefficient (Wildman–Crippen LogP) is 3.40. The third kappa shape index (κ3) is 4.86. The van der Waals surface area contributed by atoms with Crippen molar-refractivity contribution in [3.05, 3.63) is 65.6 Å². The van der Waals surface area contributed by atoms with E-state index in [2.05, 4.69) is 37.4 Å². The number of ether oxygens (including phenoxy) is 3. The summed E-state index contributed by atoms with van der Waals surface area (Å²) in [5.74, 6) is 2.96. The fraction of sp³-hybridized carbons (Fsp3) is 0.333. The SMILES string of the molecule is COc1cc(NC(=O)N2CCN(c3c(Cc4ccccc4)c(C)nc4ncnn34)CC2)cc(OC)c1OC. The number of fused-ring (bicyclic) bond motifs is 1. The van der Waals surface area contributed by atoms with Crippen LogP contribution in [-0.4, -0.2) is 78.0 Å². The third-order valence-corrected chi connectivity index (χ3v) is 6.71. The molecule has 0 atom stereocenters. The van der Waals surface area contributed by atoms with Crippen LogP contribution in [0, 0.1) is 6.92 Å². The molecule has 1 aliphatic rings. The molecule has 2 amide bonds. The minimum Gasteiger partial charge on any atom is -0.493 e. The van der Waals surface area contributed by atoms with Gasteiger partial charge in [-0.05, 0) is 12.5 Å². The van der Waals surface area contributed by atoms with E-state index in [1.807, 2.05) is 25.1 Å². The molecule has 0 spiro atoms. The van der Waals surface area contributed by atoms with Crippen LogP contribution in [0.5, 0.6) is 17.2 Å². The van der Waals surface area contributed by atoms with Gasteiger partial charge in [-0.2, -0.15) is 14.6 Å². The fourth-order valence-electron chi connectivity index (χ4n) is 4.78. The highest BCUT2D eigenvalue weighted by Crippen LogP contribution is 2.40. The quantitative estimate of drug-likeness (QED) is 0.398. The molecule has 11 nitrogen and oxygen atoms in total. The molecule has 198 valence electrons. The highest BCUT2D eigenvalue weighted by Gasteiger charge is 2.27. The van der Waals surface area contributed by atoms with Crippen molar-refractivity contribution < 1.29 is 19.0 Å². The van der Waals surface area contributed by atoms with Crippen LogP contribution in [0.3, 0.4) is 0 Å². The van der Waals surface area contributed by atoms with Crippen LogP contribution in [0.1, 0.15) is 16.8 Å². The largest absolute Gasteiger partial charge is 0.493 e. The van der Waals surface area contributed by atoms with Gasteiger partial charge in [-0.1, -0.05) is 30.3 Å². The van der Waals surface area contributed by atoms with Gasteiger partial charge >= 0.3 is 6.03 Å². The van der Waals surface area contributed by atoms with E-state index in [1.165, 1.54) is 11.9 Å². The molecular formula is C27H31N7O4. The van der Waals surface area contributed by atoms with Gasteiger partial charge in [-0.3, -0.25) is 0 Å². The van der Waals surface area contributed by atoms with E-state index < -0.39 is 0 Å². The Morgan fingerprint density at radius 3 is 2.29 bits per heavy atom. The van der Waals surface area contributed by atoms with Gasteiger partial charge in [-0.15, -0.1) is 0 Å². The number of amides is 2. The number of aryl methyl sites for hydroxylation is 1. The monoisotopic (exact) mass is 517 g/mol. The lowest BCUT2D eigenvalue weighted by Gasteiger charge is -2.37. The van der Waals surface area contributed by atoms with Gasteiger partial charge in [0.1, 0.15) is 12.1 Å². The fourth-order valence-corrected chi connectivity index (χ4v) is 4.78. The molecular weight excluding hydrogens is 486 g/mol. The summed E-state index contributed by atoms with van der Waals surface area (Å²) in [6, 6.07) is 13.5. The number of anilines is 2. The maximum absolute atomic E-state index is 13.1. The molecule has 4 aromatic rings. The molecule has 0 saturated carbocycles. The number of nitrogens with one attached hydrogen (secondary N) is 1. The molecule has 0 aliphatic carbocycles. The Labute approximate surface area is 221 Å². The Morgan fingerprint density at radius 2 is 1.66 bits per heavy atom. The molecule has 2 aromatic carbocycles. The molecule has 11 heteroatoms. The molecule has 1 N–H and O–H groups in total. The van der Waals surface area contributed by atoms with Gasteiger partial charge in [0.15, 0.2) is 11.5 Å². The smallest absolute Gasteiger partial charge is 0.321 e. The number of hydrogen-bond acceptors (Lipinski definition) is 8. The summed E-state index contributed by atoms with van der Waals surface area (Å²) < 4.78 is 18.0. The minimum atomic E-state index is -0.194. The van der Waals surface area contributed by atoms with E-state index in [0.29, 0.717) is 54.9 Å². The second kappa shape index (κ2) is 10.8. The van der Waals surface area contributed by atoms with Crippen molar-refractivity contribution in [1.29, 1.82) is 0 Å². The first-order valence-corrected chi connectivity index (χ1v) is 12.4. The summed E-state index contributed by atoms with van der Waals surface area (Å²) in [6.45, 7) is 4.38. The molecule has 1 aliphatic heterocycles. The second-order valence-electron chi connectivity index (χ2n) is 8.95. The van der Waals surface area contributed by atoms with E-state index in [4.69, 9.17) is 14.2 Å². The number of piperazine rings is 1. The number of aromatic nitrogens is 4. The lowest BCUT2D eigenvalue weighted by Crippen LogP contribution is -2.50. The number of methoxy groups -OCH3 is 3. The van der Waals surface area contributed by atoms with Crippen LogP contribution < -0.4 is 24.4 Å². The molecule has 0 radical (unpaired) electrons. The Kier molecular flexibility index (Phi) is 7.16. The Balaban J connectivity index is 1.34.